The van der Waals surface area contributed by atoms with E-state index >= 15 is 0 Å². The van der Waals surface area contributed by atoms with E-state index in [1.165, 1.54) is 5.56 Å². The van der Waals surface area contributed by atoms with Gasteiger partial charge in [-0.2, -0.15) is 0 Å². The molecule has 1 fully saturated rings. The number of aliphatic hydroxyl groups excluding tert-OH is 1. The monoisotopic (exact) mass is 353 g/mol. The van der Waals surface area contributed by atoms with Gasteiger partial charge in [-0.05, 0) is 24.8 Å². The fraction of sp³-hybridized carbons (Fsp3) is 0.421. The van der Waals surface area contributed by atoms with Crippen molar-refractivity contribution in [3.05, 3.63) is 48.5 Å². The van der Waals surface area contributed by atoms with E-state index in [-0.39, 0.29) is 25.0 Å². The molecule has 136 valence electrons. The molecule has 0 saturated carbocycles. The van der Waals surface area contributed by atoms with E-state index < -0.39 is 0 Å². The standard InChI is InChI=1S/C19H23N5O2/c1-2-15(13-6-4-3-5-7-13)23-18-17-19(21-11-20-18)24(12-22-17)16-9-8-14(10-25)26-16/h3-7,11-12,14-16,25H,2,8-10H2,1H3,(H,20,21,23)/t14-,15?,16+/m0/s1. The molecule has 7 heteroatoms. The minimum atomic E-state index is -0.143. The van der Waals surface area contributed by atoms with Crippen molar-refractivity contribution in [2.75, 3.05) is 11.9 Å². The lowest BCUT2D eigenvalue weighted by atomic mass is 10.0. The Hall–Kier alpha value is -2.51. The minimum absolute atomic E-state index is 0.0418. The summed E-state index contributed by atoms with van der Waals surface area (Å²) in [6, 6.07) is 10.5. The topological polar surface area (TPSA) is 85.1 Å². The lowest BCUT2D eigenvalue weighted by Gasteiger charge is -2.18. The average Bonchev–Trinajstić information content (AvgIpc) is 3.33. The first-order valence-corrected chi connectivity index (χ1v) is 9.05. The van der Waals surface area contributed by atoms with Crippen LogP contribution in [0.4, 0.5) is 5.82 Å². The minimum Gasteiger partial charge on any atom is -0.394 e. The number of rotatable bonds is 6. The molecule has 0 bridgehead atoms. The predicted molar refractivity (Wildman–Crippen MR) is 98.6 cm³/mol. The van der Waals surface area contributed by atoms with Gasteiger partial charge in [-0.1, -0.05) is 37.3 Å². The Labute approximate surface area is 152 Å². The van der Waals surface area contributed by atoms with Crippen molar-refractivity contribution in [3.8, 4) is 0 Å². The molecule has 7 nitrogen and oxygen atoms in total. The molecule has 3 aromatic rings. The molecule has 0 radical (unpaired) electrons. The van der Waals surface area contributed by atoms with Crippen molar-refractivity contribution in [2.24, 2.45) is 0 Å². The van der Waals surface area contributed by atoms with Crippen molar-refractivity contribution in [3.63, 3.8) is 0 Å². The Morgan fingerprint density at radius 2 is 2.08 bits per heavy atom. The van der Waals surface area contributed by atoms with Gasteiger partial charge in [0, 0.05) is 0 Å². The quantitative estimate of drug-likeness (QED) is 0.708. The average molecular weight is 353 g/mol. The van der Waals surface area contributed by atoms with E-state index in [2.05, 4.69) is 39.3 Å². The normalized spacial score (nSPS) is 21.2. The van der Waals surface area contributed by atoms with Crippen LogP contribution in [-0.2, 0) is 4.74 Å². The molecular weight excluding hydrogens is 330 g/mol. The Morgan fingerprint density at radius 1 is 1.23 bits per heavy atom. The van der Waals surface area contributed by atoms with E-state index in [0.29, 0.717) is 0 Å². The third-order valence-corrected chi connectivity index (χ3v) is 4.88. The summed E-state index contributed by atoms with van der Waals surface area (Å²) in [4.78, 5) is 13.4. The van der Waals surface area contributed by atoms with Crippen LogP contribution in [0.1, 0.15) is 44.0 Å². The molecular formula is C19H23N5O2. The number of imidazole rings is 1. The molecule has 0 spiro atoms. The molecule has 3 atom stereocenters. The van der Waals surface area contributed by atoms with Crippen LogP contribution < -0.4 is 5.32 Å². The van der Waals surface area contributed by atoms with Crippen LogP contribution in [0.25, 0.3) is 11.2 Å². The van der Waals surface area contributed by atoms with Gasteiger partial charge in [0.1, 0.15) is 12.6 Å². The predicted octanol–water partition coefficient (Wildman–Crippen LogP) is 3.06. The maximum absolute atomic E-state index is 9.29. The van der Waals surface area contributed by atoms with Gasteiger partial charge in [0.05, 0.1) is 25.1 Å². The Bertz CT molecular complexity index is 867. The number of benzene rings is 1. The summed E-state index contributed by atoms with van der Waals surface area (Å²) in [6.45, 7) is 2.18. The summed E-state index contributed by atoms with van der Waals surface area (Å²) in [6.07, 6.45) is 5.65. The highest BCUT2D eigenvalue weighted by molar-refractivity contribution is 5.82. The lowest BCUT2D eigenvalue weighted by Crippen LogP contribution is -2.14. The van der Waals surface area contributed by atoms with Crippen molar-refractivity contribution in [2.45, 2.75) is 44.6 Å². The number of anilines is 1. The number of hydrogen-bond acceptors (Lipinski definition) is 6. The van der Waals surface area contributed by atoms with E-state index in [0.717, 1.165) is 36.2 Å². The van der Waals surface area contributed by atoms with E-state index in [1.807, 2.05) is 22.8 Å². The fourth-order valence-electron chi connectivity index (χ4n) is 3.47. The molecule has 1 saturated heterocycles. The number of hydrogen-bond donors (Lipinski definition) is 2. The third-order valence-electron chi connectivity index (χ3n) is 4.88. The van der Waals surface area contributed by atoms with E-state index in [9.17, 15) is 5.11 Å². The number of aromatic nitrogens is 4. The van der Waals surface area contributed by atoms with Crippen LogP contribution in [0.2, 0.25) is 0 Å². The molecule has 3 heterocycles. The second kappa shape index (κ2) is 7.39. The second-order valence-corrected chi connectivity index (χ2v) is 6.53. The van der Waals surface area contributed by atoms with Gasteiger partial charge in [0.25, 0.3) is 0 Å². The van der Waals surface area contributed by atoms with Gasteiger partial charge >= 0.3 is 0 Å². The van der Waals surface area contributed by atoms with E-state index in [4.69, 9.17) is 4.74 Å². The van der Waals surface area contributed by atoms with Crippen molar-refractivity contribution < 1.29 is 9.84 Å². The van der Waals surface area contributed by atoms with E-state index in [1.54, 1.807) is 12.7 Å². The van der Waals surface area contributed by atoms with Crippen molar-refractivity contribution in [1.82, 2.24) is 19.5 Å². The third kappa shape index (κ3) is 3.15. The fourth-order valence-corrected chi connectivity index (χ4v) is 3.47. The zero-order valence-electron chi connectivity index (χ0n) is 14.7. The van der Waals surface area contributed by atoms with Crippen LogP contribution in [-0.4, -0.2) is 37.3 Å². The van der Waals surface area contributed by atoms with Gasteiger partial charge < -0.3 is 15.2 Å². The summed E-state index contributed by atoms with van der Waals surface area (Å²) < 4.78 is 7.80. The molecule has 4 rings (SSSR count). The largest absolute Gasteiger partial charge is 0.394 e. The zero-order valence-corrected chi connectivity index (χ0v) is 14.7. The zero-order chi connectivity index (χ0) is 17.9. The van der Waals surface area contributed by atoms with Crippen LogP contribution in [0, 0.1) is 0 Å². The number of fused-ring (bicyclic) bond motifs is 1. The summed E-state index contributed by atoms with van der Waals surface area (Å²) >= 11 is 0. The van der Waals surface area contributed by atoms with Gasteiger partial charge in [0.15, 0.2) is 17.0 Å². The molecule has 26 heavy (non-hydrogen) atoms. The van der Waals surface area contributed by atoms with Gasteiger partial charge in [-0.15, -0.1) is 0 Å². The number of nitrogens with one attached hydrogen (secondary N) is 1. The SMILES string of the molecule is CCC(Nc1ncnc2c1ncn2[C@H]1CC[C@@H](CO)O1)c1ccccc1. The highest BCUT2D eigenvalue weighted by atomic mass is 16.5. The summed E-state index contributed by atoms with van der Waals surface area (Å²) in [5.74, 6) is 0.723. The molecule has 2 N–H and O–H groups in total. The molecule has 1 aliphatic heterocycles. The molecule has 1 aliphatic rings. The van der Waals surface area contributed by atoms with Crippen LogP contribution in [0.15, 0.2) is 43.0 Å². The molecule has 0 amide bonds. The maximum atomic E-state index is 9.29. The Morgan fingerprint density at radius 3 is 2.81 bits per heavy atom. The molecule has 1 unspecified atom stereocenters. The first-order chi connectivity index (χ1) is 12.8. The molecule has 2 aromatic heterocycles. The second-order valence-electron chi connectivity index (χ2n) is 6.53. The number of aliphatic hydroxyl groups is 1. The highest BCUT2D eigenvalue weighted by Crippen LogP contribution is 2.32. The summed E-state index contributed by atoms with van der Waals surface area (Å²) in [7, 11) is 0. The van der Waals surface area contributed by atoms with Crippen LogP contribution in [0.5, 0.6) is 0 Å². The smallest absolute Gasteiger partial charge is 0.167 e. The first-order valence-electron chi connectivity index (χ1n) is 9.05. The highest BCUT2D eigenvalue weighted by Gasteiger charge is 2.28. The van der Waals surface area contributed by atoms with Crippen molar-refractivity contribution in [1.29, 1.82) is 0 Å². The first kappa shape index (κ1) is 16.9. The number of ether oxygens (including phenoxy) is 1. The molecule has 0 aliphatic carbocycles. The summed E-state index contributed by atoms with van der Waals surface area (Å²) in [5.41, 5.74) is 2.69. The van der Waals surface area contributed by atoms with Crippen molar-refractivity contribution >= 4 is 17.0 Å². The Balaban J connectivity index is 1.63. The lowest BCUT2D eigenvalue weighted by molar-refractivity contribution is -0.0207. The van der Waals surface area contributed by atoms with Gasteiger partial charge in [-0.3, -0.25) is 4.57 Å². The van der Waals surface area contributed by atoms with Gasteiger partial charge in [-0.25, -0.2) is 15.0 Å². The maximum Gasteiger partial charge on any atom is 0.167 e. The van der Waals surface area contributed by atoms with Crippen LogP contribution in [0.3, 0.4) is 0 Å². The number of nitrogens with zero attached hydrogens (tertiary/aromatic N) is 4. The molecule has 1 aromatic carbocycles. The Kier molecular flexibility index (Phi) is 4.81. The van der Waals surface area contributed by atoms with Crippen LogP contribution >= 0.6 is 0 Å². The summed E-state index contributed by atoms with van der Waals surface area (Å²) in [5, 5.41) is 12.8. The van der Waals surface area contributed by atoms with Gasteiger partial charge in [0.2, 0.25) is 0 Å².